The number of benzene rings is 1. The van der Waals surface area contributed by atoms with Crippen LogP contribution in [-0.2, 0) is 4.79 Å². The largest absolute Gasteiger partial charge is 0.348 e. The molecule has 25 heavy (non-hydrogen) atoms. The quantitative estimate of drug-likeness (QED) is 0.693. The van der Waals surface area contributed by atoms with Crippen LogP contribution in [-0.4, -0.2) is 35.7 Å². The Kier molecular flexibility index (Phi) is 6.95. The van der Waals surface area contributed by atoms with Crippen LogP contribution in [0.25, 0.3) is 17.0 Å². The topological polar surface area (TPSA) is 69.8 Å². The Bertz CT molecular complexity index is 823. The van der Waals surface area contributed by atoms with E-state index in [1.165, 1.54) is 17.3 Å². The summed E-state index contributed by atoms with van der Waals surface area (Å²) in [5, 5.41) is 14.7. The molecule has 0 aliphatic carbocycles. The standard InChI is InChI=1S/C17H18N4OS.2ClH/c22-17(19-9-6-11-4-7-18-8-5-11)15-10-13-16-12(20-21-13)2-1-3-14(16)23-15;;/h1-3,6,10,18H,4-5,7-9H2,(H,19,22)(H,20,21);2*1H. The SMILES string of the molecule is Cl.Cl.O=C(NCC=C1CCNCC1)C1=Cc2n[nH]c3cccc(c23)S1. The molecule has 134 valence electrons. The number of amides is 1. The second-order valence-corrected chi connectivity index (χ2v) is 6.80. The zero-order valence-electron chi connectivity index (χ0n) is 13.5. The van der Waals surface area contributed by atoms with Crippen molar-refractivity contribution in [3.05, 3.63) is 40.4 Å². The van der Waals surface area contributed by atoms with Crippen molar-refractivity contribution in [3.8, 4) is 0 Å². The third kappa shape index (κ3) is 4.20. The molecule has 1 saturated heterocycles. The number of hydrogen-bond donors (Lipinski definition) is 3. The highest BCUT2D eigenvalue weighted by molar-refractivity contribution is 8.04. The fourth-order valence-electron chi connectivity index (χ4n) is 2.97. The molecule has 4 rings (SSSR count). The highest BCUT2D eigenvalue weighted by atomic mass is 35.5. The van der Waals surface area contributed by atoms with E-state index in [1.807, 2.05) is 24.3 Å². The smallest absolute Gasteiger partial charge is 0.258 e. The summed E-state index contributed by atoms with van der Waals surface area (Å²) in [6.07, 6.45) is 6.16. The fraction of sp³-hybridized carbons (Fsp3) is 0.294. The van der Waals surface area contributed by atoms with E-state index >= 15 is 0 Å². The summed E-state index contributed by atoms with van der Waals surface area (Å²) in [6.45, 7) is 2.66. The average Bonchev–Trinajstić information content (AvgIpc) is 3.01. The zero-order chi connectivity index (χ0) is 15.6. The number of aromatic amines is 1. The van der Waals surface area contributed by atoms with Crippen LogP contribution in [0.15, 0.2) is 39.6 Å². The van der Waals surface area contributed by atoms with Crippen LogP contribution in [0.3, 0.4) is 0 Å². The number of carbonyl (C=O) groups is 1. The highest BCUT2D eigenvalue weighted by Crippen LogP contribution is 2.39. The number of hydrogen-bond acceptors (Lipinski definition) is 4. The Morgan fingerprint density at radius 2 is 2.08 bits per heavy atom. The van der Waals surface area contributed by atoms with E-state index in [9.17, 15) is 4.79 Å². The Morgan fingerprint density at radius 1 is 1.28 bits per heavy atom. The summed E-state index contributed by atoms with van der Waals surface area (Å²) in [5.41, 5.74) is 3.28. The van der Waals surface area contributed by atoms with E-state index in [0.717, 1.165) is 47.4 Å². The minimum absolute atomic E-state index is 0. The lowest BCUT2D eigenvalue weighted by Gasteiger charge is -2.16. The molecule has 0 radical (unpaired) electrons. The van der Waals surface area contributed by atoms with E-state index in [4.69, 9.17) is 0 Å². The van der Waals surface area contributed by atoms with Crippen LogP contribution in [0.4, 0.5) is 0 Å². The number of H-pyrrole nitrogens is 1. The number of nitrogens with one attached hydrogen (secondary N) is 3. The van der Waals surface area contributed by atoms with Gasteiger partial charge in [-0.2, -0.15) is 5.10 Å². The summed E-state index contributed by atoms with van der Waals surface area (Å²) >= 11 is 1.51. The number of halogens is 2. The Morgan fingerprint density at radius 3 is 2.88 bits per heavy atom. The molecule has 0 unspecified atom stereocenters. The van der Waals surface area contributed by atoms with Crippen molar-refractivity contribution >= 4 is 59.5 Å². The lowest BCUT2D eigenvalue weighted by atomic mass is 10.1. The monoisotopic (exact) mass is 398 g/mol. The van der Waals surface area contributed by atoms with Crippen LogP contribution < -0.4 is 10.6 Å². The molecule has 5 nitrogen and oxygen atoms in total. The van der Waals surface area contributed by atoms with Gasteiger partial charge in [0.25, 0.3) is 5.91 Å². The molecule has 0 spiro atoms. The van der Waals surface area contributed by atoms with Gasteiger partial charge in [-0.3, -0.25) is 9.89 Å². The molecule has 0 atom stereocenters. The molecule has 1 amide bonds. The molecule has 3 N–H and O–H groups in total. The molecule has 8 heteroatoms. The van der Waals surface area contributed by atoms with E-state index in [1.54, 1.807) is 0 Å². The second kappa shape index (κ2) is 8.76. The van der Waals surface area contributed by atoms with Gasteiger partial charge in [0.2, 0.25) is 0 Å². The van der Waals surface area contributed by atoms with Gasteiger partial charge in [-0.1, -0.05) is 29.5 Å². The predicted molar refractivity (Wildman–Crippen MR) is 108 cm³/mol. The molecule has 1 aromatic heterocycles. The number of thioether (sulfide) groups is 1. The molecule has 2 aliphatic rings. The number of nitrogens with zero attached hydrogens (tertiary/aromatic N) is 1. The molecule has 1 aromatic carbocycles. The first-order chi connectivity index (χ1) is 11.3. The van der Waals surface area contributed by atoms with Gasteiger partial charge in [0.1, 0.15) is 0 Å². The lowest BCUT2D eigenvalue weighted by Crippen LogP contribution is -2.26. The summed E-state index contributed by atoms with van der Waals surface area (Å²) in [6, 6.07) is 6.01. The van der Waals surface area contributed by atoms with Gasteiger partial charge in [-0.25, -0.2) is 0 Å². The van der Waals surface area contributed by atoms with Gasteiger partial charge in [-0.05, 0) is 44.1 Å². The highest BCUT2D eigenvalue weighted by Gasteiger charge is 2.20. The maximum absolute atomic E-state index is 12.4. The van der Waals surface area contributed by atoms with Crippen molar-refractivity contribution < 1.29 is 4.79 Å². The molecule has 2 aliphatic heterocycles. The number of piperidine rings is 1. The Labute approximate surface area is 162 Å². The predicted octanol–water partition coefficient (Wildman–Crippen LogP) is 3.28. The van der Waals surface area contributed by atoms with Crippen LogP contribution in [0, 0.1) is 0 Å². The third-order valence-corrected chi connectivity index (χ3v) is 5.27. The van der Waals surface area contributed by atoms with Gasteiger partial charge >= 0.3 is 0 Å². The van der Waals surface area contributed by atoms with Crippen molar-refractivity contribution in [2.45, 2.75) is 17.7 Å². The normalized spacial score (nSPS) is 15.7. The van der Waals surface area contributed by atoms with E-state index in [0.29, 0.717) is 11.4 Å². The van der Waals surface area contributed by atoms with E-state index < -0.39 is 0 Å². The summed E-state index contributed by atoms with van der Waals surface area (Å²) in [7, 11) is 0. The van der Waals surface area contributed by atoms with Gasteiger partial charge in [-0.15, -0.1) is 24.8 Å². The lowest BCUT2D eigenvalue weighted by molar-refractivity contribution is -0.116. The second-order valence-electron chi connectivity index (χ2n) is 5.72. The minimum atomic E-state index is -0.0357. The van der Waals surface area contributed by atoms with Crippen molar-refractivity contribution in [1.82, 2.24) is 20.8 Å². The van der Waals surface area contributed by atoms with Crippen LogP contribution >= 0.6 is 36.6 Å². The van der Waals surface area contributed by atoms with Gasteiger partial charge in [0.15, 0.2) is 0 Å². The number of rotatable bonds is 3. The van der Waals surface area contributed by atoms with Crippen LogP contribution in [0.1, 0.15) is 18.5 Å². The first-order valence-corrected chi connectivity index (χ1v) is 8.66. The van der Waals surface area contributed by atoms with E-state index in [-0.39, 0.29) is 30.7 Å². The summed E-state index contributed by atoms with van der Waals surface area (Å²) in [5.74, 6) is -0.0357. The maximum atomic E-state index is 12.4. The van der Waals surface area contributed by atoms with Crippen LogP contribution in [0.2, 0.25) is 0 Å². The fourth-order valence-corrected chi connectivity index (χ4v) is 4.00. The number of aromatic nitrogens is 2. The van der Waals surface area contributed by atoms with Crippen molar-refractivity contribution in [2.24, 2.45) is 0 Å². The minimum Gasteiger partial charge on any atom is -0.348 e. The molecule has 0 saturated carbocycles. The average molecular weight is 399 g/mol. The molecular weight excluding hydrogens is 379 g/mol. The molecule has 1 fully saturated rings. The third-order valence-electron chi connectivity index (χ3n) is 4.19. The first-order valence-electron chi connectivity index (χ1n) is 7.85. The van der Waals surface area contributed by atoms with E-state index in [2.05, 4.69) is 26.9 Å². The first kappa shape index (κ1) is 19.8. The Hall–Kier alpha value is -1.47. The van der Waals surface area contributed by atoms with Gasteiger partial charge < -0.3 is 10.6 Å². The van der Waals surface area contributed by atoms with Gasteiger partial charge in [0, 0.05) is 16.8 Å². The molecule has 0 bridgehead atoms. The molecular formula is C17H20Cl2N4OS. The Balaban J connectivity index is 0.00000113. The summed E-state index contributed by atoms with van der Waals surface area (Å²) < 4.78 is 0. The molecule has 2 aromatic rings. The van der Waals surface area contributed by atoms with Crippen molar-refractivity contribution in [1.29, 1.82) is 0 Å². The molecule has 3 heterocycles. The summed E-state index contributed by atoms with van der Waals surface area (Å²) in [4.78, 5) is 14.2. The van der Waals surface area contributed by atoms with Crippen molar-refractivity contribution in [2.75, 3.05) is 19.6 Å². The van der Waals surface area contributed by atoms with Crippen molar-refractivity contribution in [3.63, 3.8) is 0 Å². The maximum Gasteiger partial charge on any atom is 0.258 e. The zero-order valence-corrected chi connectivity index (χ0v) is 16.0. The number of carbonyl (C=O) groups excluding carboxylic acids is 1. The van der Waals surface area contributed by atoms with Gasteiger partial charge in [0.05, 0.1) is 16.1 Å². The van der Waals surface area contributed by atoms with Crippen LogP contribution in [0.5, 0.6) is 0 Å².